The summed E-state index contributed by atoms with van der Waals surface area (Å²) in [6.07, 6.45) is 1.69. The van der Waals surface area contributed by atoms with E-state index in [1.165, 1.54) is 0 Å². The van der Waals surface area contributed by atoms with Crippen molar-refractivity contribution < 1.29 is 19.1 Å². The second kappa shape index (κ2) is 9.93. The van der Waals surface area contributed by atoms with Gasteiger partial charge in [0, 0.05) is 49.1 Å². The standard InChI is InChI=1S/C28H29N5O4/c1-18-6-5-7-21(14-18)27(34)32-13-12-31(17-19(32)2)28(35)22-16-26-29-11-10-23(33(26)30-22)20-8-9-24(36-3)25(15-20)37-4/h5-11,14-16,19H,12-13,17H2,1-4H3. The molecule has 0 saturated carbocycles. The van der Waals surface area contributed by atoms with Crippen molar-refractivity contribution in [3.63, 3.8) is 0 Å². The Morgan fingerprint density at radius 3 is 2.49 bits per heavy atom. The maximum absolute atomic E-state index is 13.4. The van der Waals surface area contributed by atoms with E-state index in [9.17, 15) is 9.59 Å². The highest BCUT2D eigenvalue weighted by molar-refractivity contribution is 5.96. The number of amides is 2. The molecule has 4 aromatic rings. The van der Waals surface area contributed by atoms with Gasteiger partial charge in [-0.25, -0.2) is 9.50 Å². The molecule has 2 amide bonds. The van der Waals surface area contributed by atoms with Crippen molar-refractivity contribution in [2.24, 2.45) is 0 Å². The van der Waals surface area contributed by atoms with Crippen LogP contribution < -0.4 is 9.47 Å². The number of carbonyl (C=O) groups excluding carboxylic acids is 2. The summed E-state index contributed by atoms with van der Waals surface area (Å²) in [6.45, 7) is 5.26. The molecule has 9 nitrogen and oxygen atoms in total. The van der Waals surface area contributed by atoms with E-state index in [-0.39, 0.29) is 17.9 Å². The molecule has 37 heavy (non-hydrogen) atoms. The summed E-state index contributed by atoms with van der Waals surface area (Å²) < 4.78 is 12.4. The molecule has 1 aliphatic heterocycles. The molecule has 9 heteroatoms. The van der Waals surface area contributed by atoms with Crippen molar-refractivity contribution in [2.75, 3.05) is 33.9 Å². The third-order valence-electron chi connectivity index (χ3n) is 6.70. The summed E-state index contributed by atoms with van der Waals surface area (Å²) in [5.74, 6) is 1.03. The minimum absolute atomic E-state index is 0.0141. The molecule has 0 aliphatic carbocycles. The van der Waals surface area contributed by atoms with E-state index < -0.39 is 0 Å². The predicted octanol–water partition coefficient (Wildman–Crippen LogP) is 3.71. The van der Waals surface area contributed by atoms with Crippen molar-refractivity contribution in [1.29, 1.82) is 0 Å². The Kier molecular flexibility index (Phi) is 6.52. The van der Waals surface area contributed by atoms with Gasteiger partial charge in [0.15, 0.2) is 22.8 Å². The lowest BCUT2D eigenvalue weighted by Gasteiger charge is -2.39. The molecular weight excluding hydrogens is 470 g/mol. The summed E-state index contributed by atoms with van der Waals surface area (Å²) in [5, 5.41) is 4.61. The number of aromatic nitrogens is 3. The molecule has 1 aliphatic rings. The number of aryl methyl sites for hydroxylation is 1. The maximum atomic E-state index is 13.4. The molecule has 1 saturated heterocycles. The molecule has 2 aromatic carbocycles. The third kappa shape index (κ3) is 4.60. The lowest BCUT2D eigenvalue weighted by Crippen LogP contribution is -2.55. The van der Waals surface area contributed by atoms with E-state index in [0.29, 0.717) is 48.0 Å². The van der Waals surface area contributed by atoms with Crippen LogP contribution in [0, 0.1) is 6.92 Å². The van der Waals surface area contributed by atoms with Crippen molar-refractivity contribution in [2.45, 2.75) is 19.9 Å². The van der Waals surface area contributed by atoms with Crippen molar-refractivity contribution in [1.82, 2.24) is 24.4 Å². The first-order valence-corrected chi connectivity index (χ1v) is 12.1. The zero-order valence-corrected chi connectivity index (χ0v) is 21.3. The van der Waals surface area contributed by atoms with Crippen LogP contribution in [0.4, 0.5) is 0 Å². The van der Waals surface area contributed by atoms with Crippen LogP contribution >= 0.6 is 0 Å². The molecule has 3 heterocycles. The van der Waals surface area contributed by atoms with Crippen LogP contribution in [0.1, 0.15) is 33.3 Å². The van der Waals surface area contributed by atoms with Gasteiger partial charge < -0.3 is 19.3 Å². The molecule has 5 rings (SSSR count). The Balaban J connectivity index is 1.37. The van der Waals surface area contributed by atoms with Gasteiger partial charge in [-0.1, -0.05) is 17.7 Å². The Bertz CT molecular complexity index is 1480. The van der Waals surface area contributed by atoms with Gasteiger partial charge in [0.1, 0.15) is 0 Å². The minimum atomic E-state index is -0.182. The van der Waals surface area contributed by atoms with Crippen LogP contribution in [0.25, 0.3) is 16.9 Å². The second-order valence-electron chi connectivity index (χ2n) is 9.17. The number of ether oxygens (including phenoxy) is 2. The lowest BCUT2D eigenvalue weighted by molar-refractivity contribution is 0.0411. The van der Waals surface area contributed by atoms with Crippen LogP contribution in [-0.4, -0.2) is 76.1 Å². The van der Waals surface area contributed by atoms with Crippen molar-refractivity contribution in [3.8, 4) is 22.8 Å². The second-order valence-corrected chi connectivity index (χ2v) is 9.17. The summed E-state index contributed by atoms with van der Waals surface area (Å²) in [7, 11) is 3.18. The predicted molar refractivity (Wildman–Crippen MR) is 139 cm³/mol. The topological polar surface area (TPSA) is 89.3 Å². The average Bonchev–Trinajstić information content (AvgIpc) is 3.36. The number of rotatable bonds is 5. The Hall–Kier alpha value is -4.40. The largest absolute Gasteiger partial charge is 0.493 e. The van der Waals surface area contributed by atoms with Crippen LogP contribution in [0.15, 0.2) is 60.8 Å². The molecule has 0 N–H and O–H groups in total. The highest BCUT2D eigenvalue weighted by Gasteiger charge is 2.31. The first kappa shape index (κ1) is 24.3. The molecule has 1 unspecified atom stereocenters. The molecule has 0 radical (unpaired) electrons. The molecule has 1 fully saturated rings. The van der Waals surface area contributed by atoms with Gasteiger partial charge in [-0.05, 0) is 50.2 Å². The fourth-order valence-electron chi connectivity index (χ4n) is 4.76. The van der Waals surface area contributed by atoms with Gasteiger partial charge in [-0.2, -0.15) is 5.10 Å². The molecular formula is C28H29N5O4. The molecule has 2 aromatic heterocycles. The zero-order chi connectivity index (χ0) is 26.1. The number of fused-ring (bicyclic) bond motifs is 1. The van der Waals surface area contributed by atoms with Crippen molar-refractivity contribution >= 4 is 17.5 Å². The first-order chi connectivity index (χ1) is 17.9. The zero-order valence-electron chi connectivity index (χ0n) is 21.3. The summed E-state index contributed by atoms with van der Waals surface area (Å²) in [4.78, 5) is 34.5. The third-order valence-corrected chi connectivity index (χ3v) is 6.70. The van der Waals surface area contributed by atoms with E-state index in [1.54, 1.807) is 35.9 Å². The fourth-order valence-corrected chi connectivity index (χ4v) is 4.76. The van der Waals surface area contributed by atoms with Gasteiger partial charge in [0.25, 0.3) is 11.8 Å². The van der Waals surface area contributed by atoms with Gasteiger partial charge in [0.2, 0.25) is 0 Å². The normalized spacial score (nSPS) is 15.6. The number of hydrogen-bond acceptors (Lipinski definition) is 6. The minimum Gasteiger partial charge on any atom is -0.493 e. The Morgan fingerprint density at radius 2 is 1.76 bits per heavy atom. The van der Waals surface area contributed by atoms with Gasteiger partial charge in [-0.15, -0.1) is 0 Å². The average molecular weight is 500 g/mol. The maximum Gasteiger partial charge on any atom is 0.274 e. The smallest absolute Gasteiger partial charge is 0.274 e. The number of carbonyl (C=O) groups is 2. The number of hydrogen-bond donors (Lipinski definition) is 0. The Morgan fingerprint density at radius 1 is 0.946 bits per heavy atom. The van der Waals surface area contributed by atoms with Crippen LogP contribution in [0.3, 0.4) is 0 Å². The SMILES string of the molecule is COc1ccc(-c2ccnc3cc(C(=O)N4CCN(C(=O)c5cccc(C)c5)C(C)C4)nn23)cc1OC. The molecule has 190 valence electrons. The van der Waals surface area contributed by atoms with Gasteiger partial charge in [-0.3, -0.25) is 9.59 Å². The van der Waals surface area contributed by atoms with Crippen LogP contribution in [0.5, 0.6) is 11.5 Å². The summed E-state index contributed by atoms with van der Waals surface area (Å²) >= 11 is 0. The van der Waals surface area contributed by atoms with E-state index in [2.05, 4.69) is 10.1 Å². The molecule has 0 spiro atoms. The quantitative estimate of drug-likeness (QED) is 0.416. The van der Waals surface area contributed by atoms with Crippen molar-refractivity contribution in [3.05, 3.63) is 77.6 Å². The molecule has 0 bridgehead atoms. The monoisotopic (exact) mass is 499 g/mol. The highest BCUT2D eigenvalue weighted by Crippen LogP contribution is 2.32. The fraction of sp³-hybridized carbons (Fsp3) is 0.286. The van der Waals surface area contributed by atoms with Crippen LogP contribution in [0.2, 0.25) is 0 Å². The summed E-state index contributed by atoms with van der Waals surface area (Å²) in [6, 6.07) is 16.6. The number of piperazine rings is 1. The Labute approximate surface area is 215 Å². The lowest BCUT2D eigenvalue weighted by atomic mass is 10.1. The summed E-state index contributed by atoms with van der Waals surface area (Å²) in [5.41, 5.74) is 4.21. The van der Waals surface area contributed by atoms with Gasteiger partial charge >= 0.3 is 0 Å². The number of benzene rings is 2. The van der Waals surface area contributed by atoms with Gasteiger partial charge in [0.05, 0.1) is 19.9 Å². The molecule has 1 atom stereocenters. The van der Waals surface area contributed by atoms with E-state index in [1.807, 2.05) is 67.3 Å². The number of nitrogens with zero attached hydrogens (tertiary/aromatic N) is 5. The van der Waals surface area contributed by atoms with E-state index >= 15 is 0 Å². The van der Waals surface area contributed by atoms with E-state index in [4.69, 9.17) is 9.47 Å². The highest BCUT2D eigenvalue weighted by atomic mass is 16.5. The first-order valence-electron chi connectivity index (χ1n) is 12.1. The number of methoxy groups -OCH3 is 2. The van der Waals surface area contributed by atoms with E-state index in [0.717, 1.165) is 16.8 Å². The van der Waals surface area contributed by atoms with Crippen LogP contribution in [-0.2, 0) is 0 Å².